The molecule has 2 aliphatic heterocycles. The van der Waals surface area contributed by atoms with Crippen molar-refractivity contribution in [2.75, 3.05) is 26.2 Å². The van der Waals surface area contributed by atoms with Crippen LogP contribution in [0.4, 0.5) is 13.6 Å². The Labute approximate surface area is 296 Å². The Morgan fingerprint density at radius 2 is 1.80 bits per heavy atom. The van der Waals surface area contributed by atoms with Gasteiger partial charge in [-0.25, -0.2) is 18.6 Å². The fourth-order valence-electron chi connectivity index (χ4n) is 6.65. The highest BCUT2D eigenvalue weighted by atomic mass is 19.1. The quantitative estimate of drug-likeness (QED) is 0.287. The third-order valence-electron chi connectivity index (χ3n) is 9.49. The summed E-state index contributed by atoms with van der Waals surface area (Å²) in [6.45, 7) is 6.18. The van der Waals surface area contributed by atoms with Crippen molar-refractivity contribution in [1.82, 2.24) is 25.4 Å². The van der Waals surface area contributed by atoms with Crippen LogP contribution < -0.4 is 10.6 Å². The van der Waals surface area contributed by atoms with Crippen molar-refractivity contribution in [3.05, 3.63) is 82.8 Å². The van der Waals surface area contributed by atoms with E-state index in [2.05, 4.69) is 39.9 Å². The van der Waals surface area contributed by atoms with Crippen LogP contribution in [-0.4, -0.2) is 82.6 Å². The molecule has 2 N–H and O–H groups in total. The van der Waals surface area contributed by atoms with E-state index in [0.717, 1.165) is 42.4 Å². The van der Waals surface area contributed by atoms with Gasteiger partial charge in [0.15, 0.2) is 0 Å². The standard InChI is InChI=1S/C39H45F2N5O5/c1-39(2,3)51-38(50)45-16-4-5-28(22-45)26-11-10-25(9-8-24-6-7-24)29(17-26)20-42-37(49)34-19-31(41)23-46(34)35(47)21-43-36(48)33-14-12-27-18-30(40)13-15-32(27)44-33/h8-15,17-18,24,28,31,34H,4-7,16,19-23H2,1-3H3,(H,42,49)(H,43,48)/b9-8+/t28?,31-,34+/m1/s1. The molecule has 3 fully saturated rings. The Balaban J connectivity index is 1.10. The van der Waals surface area contributed by atoms with Gasteiger partial charge in [0, 0.05) is 37.4 Å². The Kier molecular flexibility index (Phi) is 10.7. The minimum absolute atomic E-state index is 0.0422. The summed E-state index contributed by atoms with van der Waals surface area (Å²) in [5.74, 6) is -1.46. The first-order chi connectivity index (χ1) is 24.3. The number of carbonyl (C=O) groups is 4. The number of amides is 4. The van der Waals surface area contributed by atoms with Crippen molar-refractivity contribution in [2.45, 2.75) is 83.2 Å². The molecule has 270 valence electrons. The minimum atomic E-state index is -1.39. The SMILES string of the molecule is CC(C)(C)OC(=O)N1CCCC(c2ccc(/C=C/C3CC3)c(CNC(=O)[C@@H]3C[C@@H](F)CN3C(=O)CNC(=O)c3ccc4cc(F)ccc4n3)c2)C1. The van der Waals surface area contributed by atoms with Crippen molar-refractivity contribution in [3.63, 3.8) is 0 Å². The normalized spacial score (nSPS) is 20.8. The Morgan fingerprint density at radius 1 is 1.00 bits per heavy atom. The summed E-state index contributed by atoms with van der Waals surface area (Å²) in [5, 5.41) is 5.99. The average Bonchev–Trinajstić information content (AvgIpc) is 3.85. The predicted octanol–water partition coefficient (Wildman–Crippen LogP) is 5.90. The van der Waals surface area contributed by atoms with Gasteiger partial charge in [-0.2, -0.15) is 0 Å². The molecule has 0 bridgehead atoms. The predicted molar refractivity (Wildman–Crippen MR) is 189 cm³/mol. The molecule has 1 saturated carbocycles. The molecule has 2 saturated heterocycles. The molecule has 6 rings (SSSR count). The summed E-state index contributed by atoms with van der Waals surface area (Å²) in [6.07, 6.45) is 6.45. The molecule has 3 heterocycles. The fraction of sp³-hybridized carbons (Fsp3) is 0.462. The lowest BCUT2D eigenvalue weighted by atomic mass is 9.88. The van der Waals surface area contributed by atoms with E-state index in [1.165, 1.54) is 29.2 Å². The van der Waals surface area contributed by atoms with Crippen molar-refractivity contribution >= 4 is 40.8 Å². The highest BCUT2D eigenvalue weighted by Gasteiger charge is 2.40. The van der Waals surface area contributed by atoms with Gasteiger partial charge in [-0.3, -0.25) is 14.4 Å². The van der Waals surface area contributed by atoms with Crippen molar-refractivity contribution in [2.24, 2.45) is 5.92 Å². The number of nitrogens with one attached hydrogen (secondary N) is 2. The number of ether oxygens (including phenoxy) is 1. The lowest BCUT2D eigenvalue weighted by Crippen LogP contribution is -2.49. The van der Waals surface area contributed by atoms with Crippen molar-refractivity contribution < 1.29 is 32.7 Å². The van der Waals surface area contributed by atoms with Gasteiger partial charge in [-0.1, -0.05) is 36.4 Å². The van der Waals surface area contributed by atoms with E-state index in [1.807, 2.05) is 26.8 Å². The first-order valence-electron chi connectivity index (χ1n) is 17.7. The number of allylic oxidation sites excluding steroid dienone is 1. The molecule has 0 radical (unpaired) electrons. The third-order valence-corrected chi connectivity index (χ3v) is 9.49. The van der Waals surface area contributed by atoms with E-state index in [-0.39, 0.29) is 37.2 Å². The fourth-order valence-corrected chi connectivity index (χ4v) is 6.65. The average molecular weight is 702 g/mol. The number of pyridine rings is 1. The van der Waals surface area contributed by atoms with Gasteiger partial charge in [0.05, 0.1) is 18.6 Å². The summed E-state index contributed by atoms with van der Waals surface area (Å²) < 4.78 is 33.8. The molecule has 51 heavy (non-hydrogen) atoms. The Bertz CT molecular complexity index is 1840. The number of likely N-dealkylation sites (tertiary alicyclic amines) is 2. The van der Waals surface area contributed by atoms with Gasteiger partial charge in [0.1, 0.15) is 29.3 Å². The topological polar surface area (TPSA) is 121 Å². The lowest BCUT2D eigenvalue weighted by molar-refractivity contribution is -0.137. The van der Waals surface area contributed by atoms with Gasteiger partial charge in [-0.15, -0.1) is 0 Å². The largest absolute Gasteiger partial charge is 0.444 e. The van der Waals surface area contributed by atoms with Crippen LogP contribution in [0.3, 0.4) is 0 Å². The molecule has 3 aliphatic rings. The number of nitrogens with zero attached hydrogens (tertiary/aromatic N) is 3. The number of rotatable bonds is 9. The van der Waals surface area contributed by atoms with Gasteiger partial charge < -0.3 is 25.2 Å². The maximum atomic E-state index is 14.7. The number of aromatic nitrogens is 1. The molecule has 1 aliphatic carbocycles. The number of benzene rings is 2. The maximum Gasteiger partial charge on any atom is 0.410 e. The van der Waals surface area contributed by atoms with Crippen molar-refractivity contribution in [3.8, 4) is 0 Å². The summed E-state index contributed by atoms with van der Waals surface area (Å²) in [7, 11) is 0. The van der Waals surface area contributed by atoms with Crippen LogP contribution in [0.1, 0.15) is 86.0 Å². The zero-order chi connectivity index (χ0) is 36.3. The molecule has 3 aromatic rings. The monoisotopic (exact) mass is 701 g/mol. The number of halogens is 2. The number of piperidine rings is 1. The van der Waals surface area contributed by atoms with Crippen LogP contribution >= 0.6 is 0 Å². The molecule has 1 unspecified atom stereocenters. The molecule has 3 atom stereocenters. The molecule has 4 amide bonds. The van der Waals surface area contributed by atoms with Crippen LogP contribution in [0.15, 0.2) is 54.6 Å². The van der Waals surface area contributed by atoms with E-state index >= 15 is 0 Å². The molecule has 12 heteroatoms. The summed E-state index contributed by atoms with van der Waals surface area (Å²) in [4.78, 5) is 59.5. The third kappa shape index (κ3) is 9.28. The minimum Gasteiger partial charge on any atom is -0.444 e. The zero-order valence-electron chi connectivity index (χ0n) is 29.3. The highest BCUT2D eigenvalue weighted by Crippen LogP contribution is 2.33. The summed E-state index contributed by atoms with van der Waals surface area (Å²) in [5.41, 5.74) is 2.79. The van der Waals surface area contributed by atoms with E-state index < -0.39 is 47.9 Å². The lowest BCUT2D eigenvalue weighted by Gasteiger charge is -2.34. The molecule has 2 aromatic carbocycles. The van der Waals surface area contributed by atoms with Crippen LogP contribution in [-0.2, 0) is 20.9 Å². The van der Waals surface area contributed by atoms with E-state index in [4.69, 9.17) is 4.74 Å². The van der Waals surface area contributed by atoms with Gasteiger partial charge in [-0.05, 0) is 93.3 Å². The van der Waals surface area contributed by atoms with Crippen molar-refractivity contribution in [1.29, 1.82) is 0 Å². The van der Waals surface area contributed by atoms with E-state index in [0.29, 0.717) is 29.9 Å². The second kappa shape index (κ2) is 15.2. The summed E-state index contributed by atoms with van der Waals surface area (Å²) >= 11 is 0. The van der Waals surface area contributed by atoms with Gasteiger partial charge in [0.25, 0.3) is 5.91 Å². The second-order valence-corrected chi connectivity index (χ2v) is 14.7. The van der Waals surface area contributed by atoms with Gasteiger partial charge >= 0.3 is 6.09 Å². The second-order valence-electron chi connectivity index (χ2n) is 14.7. The number of alkyl halides is 1. The molecule has 10 nitrogen and oxygen atoms in total. The van der Waals surface area contributed by atoms with Crippen LogP contribution in [0.5, 0.6) is 0 Å². The van der Waals surface area contributed by atoms with Gasteiger partial charge in [0.2, 0.25) is 11.8 Å². The highest BCUT2D eigenvalue weighted by molar-refractivity contribution is 5.97. The van der Waals surface area contributed by atoms with E-state index in [9.17, 15) is 28.0 Å². The molecular formula is C39H45F2N5O5. The Hall–Kier alpha value is -4.87. The Morgan fingerprint density at radius 3 is 2.57 bits per heavy atom. The first kappa shape index (κ1) is 35.9. The van der Waals surface area contributed by atoms with E-state index in [1.54, 1.807) is 11.0 Å². The molecular weight excluding hydrogens is 656 g/mol. The first-order valence-corrected chi connectivity index (χ1v) is 17.7. The maximum absolute atomic E-state index is 14.7. The number of hydrogen-bond acceptors (Lipinski definition) is 6. The zero-order valence-corrected chi connectivity index (χ0v) is 29.3. The molecule has 1 aromatic heterocycles. The number of carbonyl (C=O) groups excluding carboxylic acids is 4. The molecule has 0 spiro atoms. The number of fused-ring (bicyclic) bond motifs is 1. The van der Waals surface area contributed by atoms with Crippen LogP contribution in [0, 0.1) is 11.7 Å². The van der Waals surface area contributed by atoms with Crippen LogP contribution in [0.2, 0.25) is 0 Å². The number of hydrogen-bond donors (Lipinski definition) is 2. The van der Waals surface area contributed by atoms with Crippen LogP contribution in [0.25, 0.3) is 17.0 Å². The smallest absolute Gasteiger partial charge is 0.410 e. The summed E-state index contributed by atoms with van der Waals surface area (Å²) in [6, 6.07) is 12.1.